The van der Waals surface area contributed by atoms with Crippen LogP contribution in [0.4, 0.5) is 5.82 Å². The Balaban J connectivity index is 1.40. The first-order valence-electron chi connectivity index (χ1n) is 8.88. The van der Waals surface area contributed by atoms with E-state index in [1.54, 1.807) is 0 Å². The second-order valence-corrected chi connectivity index (χ2v) is 6.83. The Labute approximate surface area is 139 Å². The molecule has 0 radical (unpaired) electrons. The smallest absolute Gasteiger partial charge is 0.223 e. The Bertz CT molecular complexity index is 491. The van der Waals surface area contributed by atoms with Crippen molar-refractivity contribution in [2.75, 3.05) is 50.7 Å². The summed E-state index contributed by atoms with van der Waals surface area (Å²) in [4.78, 5) is 23.5. The van der Waals surface area contributed by atoms with Crippen LogP contribution in [-0.2, 0) is 4.79 Å². The highest BCUT2D eigenvalue weighted by Crippen LogP contribution is 2.17. The standard InChI is InChI=1S/C18H28N4O/c1-16-5-9-20(10-6-16)11-7-18(23)22-14-12-21(13-15-22)17-4-2-3-8-19-17/h2-4,8,16H,5-7,9-15H2,1H3. The third kappa shape index (κ3) is 4.44. The van der Waals surface area contributed by atoms with Crippen LogP contribution in [0, 0.1) is 5.92 Å². The van der Waals surface area contributed by atoms with E-state index in [0.29, 0.717) is 12.3 Å². The van der Waals surface area contributed by atoms with E-state index in [9.17, 15) is 4.79 Å². The highest BCUT2D eigenvalue weighted by Gasteiger charge is 2.23. The van der Waals surface area contributed by atoms with Gasteiger partial charge in [-0.25, -0.2) is 4.98 Å². The Morgan fingerprint density at radius 2 is 1.87 bits per heavy atom. The van der Waals surface area contributed by atoms with E-state index in [1.165, 1.54) is 12.8 Å². The Hall–Kier alpha value is -1.62. The van der Waals surface area contributed by atoms with Gasteiger partial charge in [0.05, 0.1) is 0 Å². The van der Waals surface area contributed by atoms with Crippen LogP contribution in [0.5, 0.6) is 0 Å². The minimum absolute atomic E-state index is 0.310. The molecule has 3 heterocycles. The van der Waals surface area contributed by atoms with Gasteiger partial charge in [0, 0.05) is 45.3 Å². The van der Waals surface area contributed by atoms with Gasteiger partial charge in [-0.3, -0.25) is 4.79 Å². The molecule has 0 bridgehead atoms. The number of amides is 1. The van der Waals surface area contributed by atoms with Crippen LogP contribution in [0.2, 0.25) is 0 Å². The van der Waals surface area contributed by atoms with Gasteiger partial charge in [-0.15, -0.1) is 0 Å². The first-order valence-corrected chi connectivity index (χ1v) is 8.88. The zero-order valence-electron chi connectivity index (χ0n) is 14.2. The Morgan fingerprint density at radius 3 is 2.52 bits per heavy atom. The van der Waals surface area contributed by atoms with Crippen molar-refractivity contribution in [2.24, 2.45) is 5.92 Å². The molecule has 2 aliphatic heterocycles. The number of pyridine rings is 1. The molecule has 5 nitrogen and oxygen atoms in total. The molecule has 2 aliphatic rings. The van der Waals surface area contributed by atoms with Crippen molar-refractivity contribution in [3.63, 3.8) is 0 Å². The van der Waals surface area contributed by atoms with E-state index in [-0.39, 0.29) is 0 Å². The molecule has 0 aromatic carbocycles. The molecule has 23 heavy (non-hydrogen) atoms. The number of anilines is 1. The van der Waals surface area contributed by atoms with Gasteiger partial charge >= 0.3 is 0 Å². The molecule has 1 aromatic heterocycles. The number of carbonyl (C=O) groups is 1. The molecular weight excluding hydrogens is 288 g/mol. The minimum atomic E-state index is 0.310. The van der Waals surface area contributed by atoms with Crippen molar-refractivity contribution in [3.05, 3.63) is 24.4 Å². The van der Waals surface area contributed by atoms with Gasteiger partial charge in [0.1, 0.15) is 5.82 Å². The normalized spacial score (nSPS) is 20.7. The maximum atomic E-state index is 12.4. The molecule has 1 amide bonds. The molecule has 5 heteroatoms. The summed E-state index contributed by atoms with van der Waals surface area (Å²) in [5.41, 5.74) is 0. The lowest BCUT2D eigenvalue weighted by atomic mass is 9.99. The van der Waals surface area contributed by atoms with Crippen molar-refractivity contribution >= 4 is 11.7 Å². The van der Waals surface area contributed by atoms with Crippen molar-refractivity contribution in [2.45, 2.75) is 26.2 Å². The first-order chi connectivity index (χ1) is 11.2. The number of piperidine rings is 1. The maximum absolute atomic E-state index is 12.4. The van der Waals surface area contributed by atoms with Crippen molar-refractivity contribution < 1.29 is 4.79 Å². The SMILES string of the molecule is CC1CCN(CCC(=O)N2CCN(c3ccccn3)CC2)CC1. The fraction of sp³-hybridized carbons (Fsp3) is 0.667. The average Bonchev–Trinajstić information content (AvgIpc) is 2.62. The number of nitrogens with zero attached hydrogens (tertiary/aromatic N) is 4. The van der Waals surface area contributed by atoms with Crippen molar-refractivity contribution in [1.29, 1.82) is 0 Å². The van der Waals surface area contributed by atoms with Gasteiger partial charge in [-0.1, -0.05) is 13.0 Å². The topological polar surface area (TPSA) is 39.7 Å². The molecule has 0 saturated carbocycles. The Kier molecular flexibility index (Phi) is 5.49. The molecule has 126 valence electrons. The summed E-state index contributed by atoms with van der Waals surface area (Å²) in [6.45, 7) is 8.94. The zero-order chi connectivity index (χ0) is 16.1. The average molecular weight is 316 g/mol. The van der Waals surface area contributed by atoms with E-state index in [2.05, 4.69) is 21.7 Å². The van der Waals surface area contributed by atoms with Crippen LogP contribution >= 0.6 is 0 Å². The Morgan fingerprint density at radius 1 is 1.13 bits per heavy atom. The highest BCUT2D eigenvalue weighted by atomic mass is 16.2. The van der Waals surface area contributed by atoms with Gasteiger partial charge in [0.15, 0.2) is 0 Å². The van der Waals surface area contributed by atoms with E-state index >= 15 is 0 Å². The van der Waals surface area contributed by atoms with E-state index in [0.717, 1.165) is 57.5 Å². The highest BCUT2D eigenvalue weighted by molar-refractivity contribution is 5.76. The predicted molar refractivity (Wildman–Crippen MR) is 92.5 cm³/mol. The summed E-state index contributed by atoms with van der Waals surface area (Å²) in [5.74, 6) is 2.17. The first kappa shape index (κ1) is 16.2. The minimum Gasteiger partial charge on any atom is -0.353 e. The summed E-state index contributed by atoms with van der Waals surface area (Å²) >= 11 is 0. The summed E-state index contributed by atoms with van der Waals surface area (Å²) in [6, 6.07) is 5.98. The molecule has 0 aliphatic carbocycles. The summed E-state index contributed by atoms with van der Waals surface area (Å²) < 4.78 is 0. The monoisotopic (exact) mass is 316 g/mol. The number of hydrogen-bond donors (Lipinski definition) is 0. The van der Waals surface area contributed by atoms with E-state index in [1.807, 2.05) is 29.3 Å². The summed E-state index contributed by atoms with van der Waals surface area (Å²) in [7, 11) is 0. The lowest BCUT2D eigenvalue weighted by molar-refractivity contribution is -0.131. The third-order valence-electron chi connectivity index (χ3n) is 5.12. The van der Waals surface area contributed by atoms with Gasteiger partial charge in [-0.05, 0) is 44.0 Å². The number of piperazine rings is 1. The number of likely N-dealkylation sites (tertiary alicyclic amines) is 1. The zero-order valence-corrected chi connectivity index (χ0v) is 14.2. The lowest BCUT2D eigenvalue weighted by Gasteiger charge is -2.36. The molecular formula is C18H28N4O. The van der Waals surface area contributed by atoms with E-state index in [4.69, 9.17) is 0 Å². The molecule has 1 aromatic rings. The molecule has 2 saturated heterocycles. The molecule has 0 spiro atoms. The third-order valence-corrected chi connectivity index (χ3v) is 5.12. The van der Waals surface area contributed by atoms with Crippen molar-refractivity contribution in [3.8, 4) is 0 Å². The lowest BCUT2D eigenvalue weighted by Crippen LogP contribution is -2.49. The fourth-order valence-corrected chi connectivity index (χ4v) is 3.42. The van der Waals surface area contributed by atoms with Crippen LogP contribution < -0.4 is 4.90 Å². The second-order valence-electron chi connectivity index (χ2n) is 6.83. The van der Waals surface area contributed by atoms with Gasteiger partial charge in [0.2, 0.25) is 5.91 Å². The van der Waals surface area contributed by atoms with Crippen LogP contribution in [0.15, 0.2) is 24.4 Å². The number of rotatable bonds is 4. The molecule has 0 unspecified atom stereocenters. The van der Waals surface area contributed by atoms with Crippen LogP contribution in [0.1, 0.15) is 26.2 Å². The second kappa shape index (κ2) is 7.77. The summed E-state index contributed by atoms with van der Waals surface area (Å²) in [6.07, 6.45) is 5.04. The number of aromatic nitrogens is 1. The number of hydrogen-bond acceptors (Lipinski definition) is 4. The van der Waals surface area contributed by atoms with Crippen LogP contribution in [-0.4, -0.2) is 66.5 Å². The van der Waals surface area contributed by atoms with Crippen LogP contribution in [0.25, 0.3) is 0 Å². The van der Waals surface area contributed by atoms with E-state index < -0.39 is 0 Å². The molecule has 2 fully saturated rings. The van der Waals surface area contributed by atoms with Gasteiger partial charge < -0.3 is 14.7 Å². The van der Waals surface area contributed by atoms with Crippen LogP contribution in [0.3, 0.4) is 0 Å². The number of carbonyl (C=O) groups excluding carboxylic acids is 1. The molecule has 3 rings (SSSR count). The maximum Gasteiger partial charge on any atom is 0.223 e. The fourth-order valence-electron chi connectivity index (χ4n) is 3.42. The van der Waals surface area contributed by atoms with Gasteiger partial charge in [0.25, 0.3) is 0 Å². The van der Waals surface area contributed by atoms with Crippen molar-refractivity contribution in [1.82, 2.24) is 14.8 Å². The summed E-state index contributed by atoms with van der Waals surface area (Å²) in [5, 5.41) is 0. The molecule has 0 atom stereocenters. The predicted octanol–water partition coefficient (Wildman–Crippen LogP) is 1.85. The van der Waals surface area contributed by atoms with Gasteiger partial charge in [-0.2, -0.15) is 0 Å². The largest absolute Gasteiger partial charge is 0.353 e. The quantitative estimate of drug-likeness (QED) is 0.850. The molecule has 0 N–H and O–H groups in total.